The van der Waals surface area contributed by atoms with Crippen molar-refractivity contribution < 1.29 is 37.7 Å². The van der Waals surface area contributed by atoms with E-state index in [9.17, 15) is 9.67 Å². The molecule has 3 aliphatic rings. The van der Waals surface area contributed by atoms with Crippen molar-refractivity contribution in [3.05, 3.63) is 11.9 Å². The lowest BCUT2D eigenvalue weighted by Crippen LogP contribution is -2.45. The predicted octanol–water partition coefficient (Wildman–Crippen LogP) is 2.16. The summed E-state index contributed by atoms with van der Waals surface area (Å²) in [4.78, 5) is 0. The first-order valence-electron chi connectivity index (χ1n) is 8.56. The van der Waals surface area contributed by atoms with E-state index in [0.29, 0.717) is 0 Å². The van der Waals surface area contributed by atoms with Crippen LogP contribution in [0.1, 0.15) is 34.1 Å². The number of aliphatic hydroxyl groups is 1. The molecule has 1 N–H and O–H groups in total. The first-order valence-corrected chi connectivity index (χ1v) is 10.1. The smallest absolute Gasteiger partial charge is 0.356 e. The van der Waals surface area contributed by atoms with E-state index in [1.165, 1.54) is 0 Å². The highest BCUT2D eigenvalue weighted by atomic mass is 31.2. The van der Waals surface area contributed by atoms with Crippen LogP contribution in [-0.4, -0.2) is 60.9 Å². The molecule has 0 aromatic carbocycles. The number of hydrogen-bond acceptors (Lipinski definition) is 8. The lowest BCUT2D eigenvalue weighted by atomic mass is 9.92. The largest absolute Gasteiger partial charge is 0.384 e. The Morgan fingerprint density at radius 1 is 1.24 bits per heavy atom. The van der Waals surface area contributed by atoms with Gasteiger partial charge in [0.05, 0.1) is 19.8 Å². The minimum absolute atomic E-state index is 0.0196. The van der Waals surface area contributed by atoms with E-state index >= 15 is 0 Å². The van der Waals surface area contributed by atoms with E-state index in [-0.39, 0.29) is 31.6 Å². The third-order valence-corrected chi connectivity index (χ3v) is 6.67. The van der Waals surface area contributed by atoms with Gasteiger partial charge in [0.15, 0.2) is 12.1 Å². The molecule has 9 heteroatoms. The molecule has 3 rings (SSSR count). The van der Waals surface area contributed by atoms with E-state index in [0.717, 1.165) is 0 Å². The Balaban J connectivity index is 1.72. The third kappa shape index (κ3) is 3.47. The average Bonchev–Trinajstić information content (AvgIpc) is 3.08. The Hall–Kier alpha value is -0.310. The number of hydrogen-bond donors (Lipinski definition) is 1. The molecule has 144 valence electrons. The van der Waals surface area contributed by atoms with Gasteiger partial charge in [-0.3, -0.25) is 4.57 Å². The minimum atomic E-state index is -3.51. The van der Waals surface area contributed by atoms with Gasteiger partial charge in [-0.05, 0) is 27.7 Å². The van der Waals surface area contributed by atoms with Gasteiger partial charge < -0.3 is 33.1 Å². The SMILES string of the molecule is C=C(C[C@@]1(O)CO[C@@H]2[C@H]3OC(C)(C)O[C@H]3O[C@@H]21)P(=O)(OCC)OCC. The van der Waals surface area contributed by atoms with Gasteiger partial charge in [0.2, 0.25) is 0 Å². The van der Waals surface area contributed by atoms with Crippen LogP contribution in [0.15, 0.2) is 11.9 Å². The molecule has 3 aliphatic heterocycles. The summed E-state index contributed by atoms with van der Waals surface area (Å²) >= 11 is 0. The van der Waals surface area contributed by atoms with Gasteiger partial charge in [-0.15, -0.1) is 0 Å². The normalized spacial score (nSPS) is 39.4. The highest BCUT2D eigenvalue weighted by molar-refractivity contribution is 7.58. The Bertz CT molecular complexity index is 568. The first-order chi connectivity index (χ1) is 11.6. The summed E-state index contributed by atoms with van der Waals surface area (Å²) in [5.41, 5.74) is -1.40. The molecule has 3 heterocycles. The second-order valence-corrected chi connectivity index (χ2v) is 9.12. The van der Waals surface area contributed by atoms with E-state index in [1.807, 2.05) is 0 Å². The molecule has 0 aliphatic carbocycles. The summed E-state index contributed by atoms with van der Waals surface area (Å²) < 4.78 is 46.5. The molecular formula is C16H27O8P. The maximum absolute atomic E-state index is 12.8. The lowest BCUT2D eigenvalue weighted by molar-refractivity contribution is -0.222. The van der Waals surface area contributed by atoms with Crippen LogP contribution in [0.4, 0.5) is 0 Å². The van der Waals surface area contributed by atoms with Gasteiger partial charge >= 0.3 is 7.60 Å². The van der Waals surface area contributed by atoms with E-state index in [2.05, 4.69) is 6.58 Å². The van der Waals surface area contributed by atoms with Gasteiger partial charge in [-0.25, -0.2) is 0 Å². The number of ether oxygens (including phenoxy) is 4. The molecule has 0 saturated carbocycles. The fourth-order valence-corrected chi connectivity index (χ4v) is 5.17. The fourth-order valence-electron chi connectivity index (χ4n) is 3.58. The van der Waals surface area contributed by atoms with Crippen molar-refractivity contribution >= 4 is 7.60 Å². The Morgan fingerprint density at radius 2 is 1.88 bits per heavy atom. The fraction of sp³-hybridized carbons (Fsp3) is 0.875. The standard InChI is InChI=1S/C16H27O8P/c1-6-20-25(18,21-7-2)10(3)8-16(17)9-19-11-12-14(22-13(11)16)24-15(4,5)23-12/h11-14,17H,3,6-9H2,1-2,4-5H3/t11-,12-,13+,14-,16-/m1/s1. The Morgan fingerprint density at radius 3 is 2.48 bits per heavy atom. The zero-order valence-corrected chi connectivity index (χ0v) is 16.0. The lowest BCUT2D eigenvalue weighted by Gasteiger charge is -2.31. The summed E-state index contributed by atoms with van der Waals surface area (Å²) in [7, 11) is -3.51. The van der Waals surface area contributed by atoms with Gasteiger partial charge in [0.25, 0.3) is 0 Å². The van der Waals surface area contributed by atoms with Crippen molar-refractivity contribution in [2.24, 2.45) is 0 Å². The molecule has 0 radical (unpaired) electrons. The second-order valence-electron chi connectivity index (χ2n) is 6.98. The molecule has 0 aromatic heterocycles. The molecule has 8 nitrogen and oxygen atoms in total. The molecule has 3 saturated heterocycles. The van der Waals surface area contributed by atoms with Crippen molar-refractivity contribution in [3.63, 3.8) is 0 Å². The first kappa shape index (κ1) is 19.5. The van der Waals surface area contributed by atoms with Crippen LogP contribution < -0.4 is 0 Å². The molecule has 0 spiro atoms. The molecule has 0 aromatic rings. The topological polar surface area (TPSA) is 92.7 Å². The van der Waals surface area contributed by atoms with Crippen molar-refractivity contribution in [3.8, 4) is 0 Å². The number of rotatable bonds is 7. The second kappa shape index (κ2) is 6.69. The zero-order chi connectivity index (χ0) is 18.5. The highest BCUT2D eigenvalue weighted by Crippen LogP contribution is 2.59. The van der Waals surface area contributed by atoms with E-state index < -0.39 is 43.6 Å². The molecule has 3 fully saturated rings. The van der Waals surface area contributed by atoms with Gasteiger partial charge in [0, 0.05) is 11.7 Å². The van der Waals surface area contributed by atoms with Crippen LogP contribution in [0.25, 0.3) is 0 Å². The summed E-state index contributed by atoms with van der Waals surface area (Å²) in [6.07, 6.45) is -2.15. The van der Waals surface area contributed by atoms with Gasteiger partial charge in [0.1, 0.15) is 23.9 Å². The maximum atomic E-state index is 12.8. The number of fused-ring (bicyclic) bond motifs is 3. The molecule has 0 unspecified atom stereocenters. The third-order valence-electron chi connectivity index (χ3n) is 4.54. The minimum Gasteiger partial charge on any atom is -0.384 e. The predicted molar refractivity (Wildman–Crippen MR) is 88.0 cm³/mol. The van der Waals surface area contributed by atoms with Gasteiger partial charge in [-0.1, -0.05) is 6.58 Å². The van der Waals surface area contributed by atoms with Crippen LogP contribution in [0, 0.1) is 0 Å². The molecule has 0 amide bonds. The van der Waals surface area contributed by atoms with Crippen LogP contribution in [-0.2, 0) is 32.6 Å². The van der Waals surface area contributed by atoms with Crippen LogP contribution in [0.5, 0.6) is 0 Å². The molecular weight excluding hydrogens is 351 g/mol. The summed E-state index contributed by atoms with van der Waals surface area (Å²) in [6.45, 7) is 11.3. The summed E-state index contributed by atoms with van der Waals surface area (Å²) in [5, 5.41) is 11.3. The van der Waals surface area contributed by atoms with E-state index in [4.69, 9.17) is 28.0 Å². The summed E-state index contributed by atoms with van der Waals surface area (Å²) in [6, 6.07) is 0. The Kier molecular flexibility index (Phi) is 5.21. The van der Waals surface area contributed by atoms with Crippen LogP contribution >= 0.6 is 7.60 Å². The molecule has 0 bridgehead atoms. The zero-order valence-electron chi connectivity index (χ0n) is 15.1. The van der Waals surface area contributed by atoms with Crippen LogP contribution in [0.3, 0.4) is 0 Å². The van der Waals surface area contributed by atoms with Crippen molar-refractivity contribution in [1.82, 2.24) is 0 Å². The van der Waals surface area contributed by atoms with Crippen molar-refractivity contribution in [1.29, 1.82) is 0 Å². The van der Waals surface area contributed by atoms with E-state index in [1.54, 1.807) is 27.7 Å². The summed E-state index contributed by atoms with van der Waals surface area (Å²) in [5.74, 6) is -0.756. The van der Waals surface area contributed by atoms with Crippen molar-refractivity contribution in [2.45, 2.75) is 70.1 Å². The monoisotopic (exact) mass is 378 g/mol. The molecule has 25 heavy (non-hydrogen) atoms. The van der Waals surface area contributed by atoms with Crippen LogP contribution in [0.2, 0.25) is 0 Å². The highest BCUT2D eigenvalue weighted by Gasteiger charge is 2.64. The quantitative estimate of drug-likeness (QED) is 0.674. The molecule has 5 atom stereocenters. The average molecular weight is 378 g/mol. The maximum Gasteiger partial charge on any atom is 0.356 e. The Labute approximate surface area is 147 Å². The van der Waals surface area contributed by atoms with Crippen molar-refractivity contribution in [2.75, 3.05) is 19.8 Å². The van der Waals surface area contributed by atoms with Gasteiger partial charge in [-0.2, -0.15) is 0 Å².